The quantitative estimate of drug-likeness (QED) is 0.736. The van der Waals surface area contributed by atoms with Crippen LogP contribution in [0.5, 0.6) is 0 Å². The van der Waals surface area contributed by atoms with Crippen LogP contribution >= 0.6 is 0 Å². The molecule has 0 saturated heterocycles. The molecule has 0 radical (unpaired) electrons. The van der Waals surface area contributed by atoms with Gasteiger partial charge in [-0.3, -0.25) is 0 Å². The molecule has 1 aromatic rings. The van der Waals surface area contributed by atoms with Gasteiger partial charge in [-0.1, -0.05) is 32.8 Å². The van der Waals surface area contributed by atoms with Crippen LogP contribution in [0.2, 0.25) is 0 Å². The molecule has 0 amide bonds. The van der Waals surface area contributed by atoms with Crippen molar-refractivity contribution in [3.8, 4) is 0 Å². The van der Waals surface area contributed by atoms with E-state index in [2.05, 4.69) is 48.1 Å². The number of rotatable bonds is 9. The Labute approximate surface area is 115 Å². The second-order valence-corrected chi connectivity index (χ2v) is 5.35. The molecule has 6 heteroatoms. The molecule has 0 fully saturated rings. The van der Waals surface area contributed by atoms with E-state index in [4.69, 9.17) is 9.15 Å². The van der Waals surface area contributed by atoms with Gasteiger partial charge in [0.25, 0.3) is 0 Å². The summed E-state index contributed by atoms with van der Waals surface area (Å²) in [6, 6.07) is 0.974. The van der Waals surface area contributed by atoms with Crippen LogP contribution in [0.25, 0.3) is 0 Å². The molecule has 0 atom stereocenters. The molecule has 110 valence electrons. The summed E-state index contributed by atoms with van der Waals surface area (Å²) in [5.41, 5.74) is 0. The fraction of sp³-hybridized carbons (Fsp3) is 0.846. The molecule has 1 N–H and O–H groups in total. The summed E-state index contributed by atoms with van der Waals surface area (Å²) >= 11 is 0. The van der Waals surface area contributed by atoms with Crippen molar-refractivity contribution in [3.63, 3.8) is 0 Å². The number of anilines is 1. The minimum Gasteiger partial charge on any atom is -0.407 e. The zero-order valence-corrected chi connectivity index (χ0v) is 12.6. The first-order valence-corrected chi connectivity index (χ1v) is 6.82. The van der Waals surface area contributed by atoms with Crippen LogP contribution < -0.4 is 10.2 Å². The van der Waals surface area contributed by atoms with Gasteiger partial charge >= 0.3 is 6.01 Å². The van der Waals surface area contributed by atoms with Gasteiger partial charge in [0.15, 0.2) is 0 Å². The second-order valence-electron chi connectivity index (χ2n) is 5.35. The lowest BCUT2D eigenvalue weighted by Crippen LogP contribution is -2.31. The Balaban J connectivity index is 2.62. The summed E-state index contributed by atoms with van der Waals surface area (Å²) in [6.07, 6.45) is 0. The van der Waals surface area contributed by atoms with E-state index < -0.39 is 0 Å². The molecule has 19 heavy (non-hydrogen) atoms. The van der Waals surface area contributed by atoms with E-state index in [1.807, 2.05) is 0 Å². The highest BCUT2D eigenvalue weighted by molar-refractivity contribution is 5.23. The Bertz CT molecular complexity index is 352. The van der Waals surface area contributed by atoms with Gasteiger partial charge in [0, 0.05) is 26.2 Å². The van der Waals surface area contributed by atoms with Crippen LogP contribution in [0.15, 0.2) is 4.42 Å². The Hall–Kier alpha value is -1.14. The minimum atomic E-state index is 0.399. The Kier molecular flexibility index (Phi) is 6.80. The van der Waals surface area contributed by atoms with E-state index in [-0.39, 0.29) is 0 Å². The fourth-order valence-electron chi connectivity index (χ4n) is 1.64. The smallest absolute Gasteiger partial charge is 0.318 e. The summed E-state index contributed by atoms with van der Waals surface area (Å²) in [5.74, 6) is 1.15. The number of hydrogen-bond donors (Lipinski definition) is 1. The first-order chi connectivity index (χ1) is 9.02. The highest BCUT2D eigenvalue weighted by Crippen LogP contribution is 2.14. The van der Waals surface area contributed by atoms with Crippen LogP contribution in [0.4, 0.5) is 6.01 Å². The average molecular weight is 270 g/mol. The maximum atomic E-state index is 5.68. The number of nitrogens with zero attached hydrogens (tertiary/aromatic N) is 3. The van der Waals surface area contributed by atoms with Gasteiger partial charge < -0.3 is 19.4 Å². The lowest BCUT2D eigenvalue weighted by Gasteiger charge is -2.21. The van der Waals surface area contributed by atoms with Crippen molar-refractivity contribution < 1.29 is 9.15 Å². The van der Waals surface area contributed by atoms with E-state index >= 15 is 0 Å². The molecule has 0 bridgehead atoms. The zero-order valence-electron chi connectivity index (χ0n) is 12.6. The van der Waals surface area contributed by atoms with Gasteiger partial charge in [-0.05, 0) is 5.92 Å². The van der Waals surface area contributed by atoms with Crippen molar-refractivity contribution in [3.05, 3.63) is 5.89 Å². The lowest BCUT2D eigenvalue weighted by molar-refractivity contribution is 0.203. The van der Waals surface area contributed by atoms with Gasteiger partial charge in [0.2, 0.25) is 5.89 Å². The third kappa shape index (κ3) is 6.02. The second kappa shape index (κ2) is 8.12. The van der Waals surface area contributed by atoms with E-state index in [9.17, 15) is 0 Å². The van der Waals surface area contributed by atoms with Crippen LogP contribution in [0.3, 0.4) is 0 Å². The third-order valence-electron chi connectivity index (χ3n) is 2.54. The molecule has 1 heterocycles. The third-order valence-corrected chi connectivity index (χ3v) is 2.54. The van der Waals surface area contributed by atoms with Crippen molar-refractivity contribution in [2.24, 2.45) is 5.92 Å². The van der Waals surface area contributed by atoms with Crippen LogP contribution in [-0.4, -0.2) is 43.0 Å². The summed E-state index contributed by atoms with van der Waals surface area (Å²) < 4.78 is 10.8. The number of methoxy groups -OCH3 is 1. The zero-order chi connectivity index (χ0) is 14.3. The molecule has 0 saturated carbocycles. The van der Waals surface area contributed by atoms with E-state index in [0.717, 1.165) is 13.1 Å². The SMILES string of the molecule is COCCN(CC(C)C)c1nnc(CNC(C)C)o1. The summed E-state index contributed by atoms with van der Waals surface area (Å²) in [5, 5.41) is 11.4. The topological polar surface area (TPSA) is 63.4 Å². The Morgan fingerprint density at radius 2 is 2.00 bits per heavy atom. The number of aromatic nitrogens is 2. The molecule has 0 aliphatic rings. The summed E-state index contributed by atoms with van der Waals surface area (Å²) in [4.78, 5) is 2.07. The molecule has 0 aliphatic heterocycles. The highest BCUT2D eigenvalue weighted by atomic mass is 16.5. The van der Waals surface area contributed by atoms with Crippen molar-refractivity contribution in [2.45, 2.75) is 40.3 Å². The fourth-order valence-corrected chi connectivity index (χ4v) is 1.64. The summed E-state index contributed by atoms with van der Waals surface area (Å²) in [7, 11) is 1.69. The van der Waals surface area contributed by atoms with Crippen LogP contribution in [-0.2, 0) is 11.3 Å². The minimum absolute atomic E-state index is 0.399. The van der Waals surface area contributed by atoms with Crippen molar-refractivity contribution in [1.29, 1.82) is 0 Å². The normalized spacial score (nSPS) is 11.5. The van der Waals surface area contributed by atoms with Gasteiger partial charge in [-0.15, -0.1) is 5.10 Å². The number of nitrogens with one attached hydrogen (secondary N) is 1. The van der Waals surface area contributed by atoms with Crippen molar-refractivity contribution in [2.75, 3.05) is 31.7 Å². The molecule has 0 aliphatic carbocycles. The van der Waals surface area contributed by atoms with Crippen molar-refractivity contribution in [1.82, 2.24) is 15.5 Å². The Morgan fingerprint density at radius 3 is 2.58 bits per heavy atom. The molecule has 1 rings (SSSR count). The predicted molar refractivity (Wildman–Crippen MR) is 75.2 cm³/mol. The largest absolute Gasteiger partial charge is 0.407 e. The molecular weight excluding hydrogens is 244 g/mol. The van der Waals surface area contributed by atoms with E-state index in [0.29, 0.717) is 37.0 Å². The van der Waals surface area contributed by atoms with E-state index in [1.165, 1.54) is 0 Å². The van der Waals surface area contributed by atoms with E-state index in [1.54, 1.807) is 7.11 Å². The summed E-state index contributed by atoms with van der Waals surface area (Å²) in [6.45, 7) is 11.4. The van der Waals surface area contributed by atoms with Gasteiger partial charge in [-0.2, -0.15) is 0 Å². The monoisotopic (exact) mass is 270 g/mol. The first-order valence-electron chi connectivity index (χ1n) is 6.82. The number of hydrogen-bond acceptors (Lipinski definition) is 6. The highest BCUT2D eigenvalue weighted by Gasteiger charge is 2.15. The maximum absolute atomic E-state index is 5.68. The van der Waals surface area contributed by atoms with Gasteiger partial charge in [0.1, 0.15) is 0 Å². The van der Waals surface area contributed by atoms with Gasteiger partial charge in [-0.25, -0.2) is 0 Å². The van der Waals surface area contributed by atoms with Crippen LogP contribution in [0.1, 0.15) is 33.6 Å². The van der Waals surface area contributed by atoms with Gasteiger partial charge in [0.05, 0.1) is 13.2 Å². The average Bonchev–Trinajstić information content (AvgIpc) is 2.80. The number of ether oxygens (including phenoxy) is 1. The molecule has 1 aromatic heterocycles. The lowest BCUT2D eigenvalue weighted by atomic mass is 10.2. The molecule has 0 unspecified atom stereocenters. The van der Waals surface area contributed by atoms with Crippen LogP contribution in [0, 0.1) is 5.92 Å². The standard InChI is InChI=1S/C13H26N4O2/c1-10(2)9-17(6-7-18-5)13-16-15-12(19-13)8-14-11(3)4/h10-11,14H,6-9H2,1-5H3. The first kappa shape index (κ1) is 15.9. The molecular formula is C13H26N4O2. The predicted octanol–water partition coefficient (Wildman–Crippen LogP) is 1.68. The molecule has 6 nitrogen and oxygen atoms in total. The van der Waals surface area contributed by atoms with Crippen molar-refractivity contribution >= 4 is 6.01 Å². The molecule has 0 spiro atoms. The maximum Gasteiger partial charge on any atom is 0.318 e. The molecule has 0 aromatic carbocycles. The Morgan fingerprint density at radius 1 is 1.26 bits per heavy atom.